The van der Waals surface area contributed by atoms with Gasteiger partial charge in [0.2, 0.25) is 0 Å². The van der Waals surface area contributed by atoms with Gasteiger partial charge in [-0.25, -0.2) is 4.79 Å². The van der Waals surface area contributed by atoms with Crippen LogP contribution in [0.1, 0.15) is 69.2 Å². The van der Waals surface area contributed by atoms with E-state index in [4.69, 9.17) is 16.3 Å². The number of likely N-dealkylation sites (tertiary alicyclic amines) is 1. The summed E-state index contributed by atoms with van der Waals surface area (Å²) in [7, 11) is 0. The van der Waals surface area contributed by atoms with Gasteiger partial charge in [-0.1, -0.05) is 17.7 Å². The van der Waals surface area contributed by atoms with Gasteiger partial charge in [0.1, 0.15) is 5.60 Å². The van der Waals surface area contributed by atoms with Crippen LogP contribution in [0.25, 0.3) is 0 Å². The van der Waals surface area contributed by atoms with E-state index < -0.39 is 11.7 Å². The van der Waals surface area contributed by atoms with Crippen molar-refractivity contribution in [3.8, 4) is 0 Å². The third-order valence-electron chi connectivity index (χ3n) is 4.40. The van der Waals surface area contributed by atoms with Crippen molar-refractivity contribution in [1.29, 1.82) is 0 Å². The van der Waals surface area contributed by atoms with Crippen molar-refractivity contribution in [1.82, 2.24) is 4.90 Å². The quantitative estimate of drug-likeness (QED) is 0.829. The van der Waals surface area contributed by atoms with E-state index in [0.29, 0.717) is 24.0 Å². The normalized spacial score (nSPS) is 17.7. The molecular weight excluding hydrogens is 326 g/mol. The van der Waals surface area contributed by atoms with Gasteiger partial charge < -0.3 is 14.7 Å². The molecule has 0 spiro atoms. The highest BCUT2D eigenvalue weighted by molar-refractivity contribution is 6.31. The molecule has 1 aromatic carbocycles. The Bertz CT molecular complexity index is 599. The van der Waals surface area contributed by atoms with Crippen LogP contribution in [0.15, 0.2) is 12.1 Å². The number of carbonyl (C=O) groups excluding carboxylic acids is 1. The van der Waals surface area contributed by atoms with Crippen molar-refractivity contribution in [3.63, 3.8) is 0 Å². The van der Waals surface area contributed by atoms with E-state index in [0.717, 1.165) is 29.5 Å². The fourth-order valence-electron chi connectivity index (χ4n) is 3.13. The molecule has 1 aliphatic heterocycles. The highest BCUT2D eigenvalue weighted by Crippen LogP contribution is 2.36. The molecule has 0 radical (unpaired) electrons. The molecule has 5 heteroatoms. The van der Waals surface area contributed by atoms with Crippen LogP contribution in [-0.2, 0) is 4.74 Å². The first-order chi connectivity index (χ1) is 11.1. The number of halogens is 1. The summed E-state index contributed by atoms with van der Waals surface area (Å²) in [6, 6.07) is 3.95. The predicted molar refractivity (Wildman–Crippen MR) is 96.6 cm³/mol. The van der Waals surface area contributed by atoms with Crippen LogP contribution in [0.4, 0.5) is 4.79 Å². The maximum Gasteiger partial charge on any atom is 0.410 e. The molecule has 4 nitrogen and oxygen atoms in total. The molecule has 2 rings (SSSR count). The molecule has 1 amide bonds. The molecule has 1 atom stereocenters. The Morgan fingerprint density at radius 1 is 1.33 bits per heavy atom. The van der Waals surface area contributed by atoms with Gasteiger partial charge in [-0.05, 0) is 76.1 Å². The topological polar surface area (TPSA) is 49.8 Å². The summed E-state index contributed by atoms with van der Waals surface area (Å²) in [5.74, 6) is 0.323. The van der Waals surface area contributed by atoms with Gasteiger partial charge in [-0.3, -0.25) is 0 Å². The lowest BCUT2D eigenvalue weighted by Gasteiger charge is -2.34. The average molecular weight is 354 g/mol. The molecule has 1 saturated heterocycles. The van der Waals surface area contributed by atoms with Crippen LogP contribution in [-0.4, -0.2) is 34.8 Å². The van der Waals surface area contributed by atoms with E-state index in [2.05, 4.69) is 6.07 Å². The average Bonchev–Trinajstić information content (AvgIpc) is 2.48. The Morgan fingerprint density at radius 2 is 1.92 bits per heavy atom. The lowest BCUT2D eigenvalue weighted by molar-refractivity contribution is 0.0204. The number of benzene rings is 1. The van der Waals surface area contributed by atoms with Crippen LogP contribution in [0, 0.1) is 6.92 Å². The zero-order valence-corrected chi connectivity index (χ0v) is 16.0. The fourth-order valence-corrected chi connectivity index (χ4v) is 3.31. The van der Waals surface area contributed by atoms with Gasteiger partial charge >= 0.3 is 6.09 Å². The molecule has 0 saturated carbocycles. The number of aryl methyl sites for hydroxylation is 1. The Labute approximate surface area is 149 Å². The number of ether oxygens (including phenoxy) is 1. The van der Waals surface area contributed by atoms with E-state index in [-0.39, 0.29) is 6.09 Å². The first-order valence-corrected chi connectivity index (χ1v) is 8.92. The number of piperidine rings is 1. The minimum atomic E-state index is -0.554. The molecule has 0 aliphatic carbocycles. The van der Waals surface area contributed by atoms with Crippen LogP contribution < -0.4 is 0 Å². The molecular formula is C19H28ClNO3. The largest absolute Gasteiger partial charge is 0.444 e. The maximum atomic E-state index is 12.2. The second kappa shape index (κ2) is 7.32. The van der Waals surface area contributed by atoms with E-state index >= 15 is 0 Å². The smallest absolute Gasteiger partial charge is 0.410 e. The molecule has 1 aromatic rings. The predicted octanol–water partition coefficient (Wildman–Crippen LogP) is 4.82. The summed E-state index contributed by atoms with van der Waals surface area (Å²) in [6.45, 7) is 10.7. The Hall–Kier alpha value is -1.26. The van der Waals surface area contributed by atoms with Gasteiger partial charge in [-0.2, -0.15) is 0 Å². The zero-order valence-electron chi connectivity index (χ0n) is 15.2. The number of carbonyl (C=O) groups is 1. The summed E-state index contributed by atoms with van der Waals surface area (Å²) in [5.41, 5.74) is 2.59. The Kier molecular flexibility index (Phi) is 5.82. The summed E-state index contributed by atoms with van der Waals surface area (Å²) >= 11 is 6.21. The van der Waals surface area contributed by atoms with Crippen molar-refractivity contribution >= 4 is 17.7 Å². The van der Waals surface area contributed by atoms with Crippen molar-refractivity contribution in [3.05, 3.63) is 33.8 Å². The van der Waals surface area contributed by atoms with Crippen LogP contribution in [0.2, 0.25) is 5.02 Å². The lowest BCUT2D eigenvalue weighted by atomic mass is 9.84. The van der Waals surface area contributed by atoms with E-state index in [1.165, 1.54) is 0 Å². The summed E-state index contributed by atoms with van der Waals surface area (Å²) < 4.78 is 5.44. The second-order valence-corrected chi connectivity index (χ2v) is 8.06. The van der Waals surface area contributed by atoms with Crippen molar-refractivity contribution in [2.75, 3.05) is 13.1 Å². The van der Waals surface area contributed by atoms with Crippen molar-refractivity contribution < 1.29 is 14.6 Å². The Morgan fingerprint density at radius 3 is 2.42 bits per heavy atom. The third kappa shape index (κ3) is 4.64. The van der Waals surface area contributed by atoms with E-state index in [9.17, 15) is 9.90 Å². The number of aliphatic hydroxyl groups is 1. The summed E-state index contributed by atoms with van der Waals surface area (Å²) in [6.07, 6.45) is 0.922. The van der Waals surface area contributed by atoms with Gasteiger partial charge in [0.05, 0.1) is 6.10 Å². The zero-order chi connectivity index (χ0) is 18.1. The second-order valence-electron chi connectivity index (χ2n) is 7.65. The molecule has 1 N–H and O–H groups in total. The van der Waals surface area contributed by atoms with Gasteiger partial charge in [0.25, 0.3) is 0 Å². The minimum Gasteiger partial charge on any atom is -0.444 e. The maximum absolute atomic E-state index is 12.2. The molecule has 134 valence electrons. The first kappa shape index (κ1) is 19.1. The molecule has 1 unspecified atom stereocenters. The lowest BCUT2D eigenvalue weighted by Crippen LogP contribution is -2.41. The van der Waals surface area contributed by atoms with Gasteiger partial charge in [-0.15, -0.1) is 0 Å². The minimum absolute atomic E-state index is 0.246. The molecule has 1 aliphatic rings. The highest BCUT2D eigenvalue weighted by atomic mass is 35.5. The van der Waals surface area contributed by atoms with E-state index in [1.807, 2.05) is 33.8 Å². The van der Waals surface area contributed by atoms with Crippen molar-refractivity contribution in [2.45, 2.75) is 65.1 Å². The first-order valence-electron chi connectivity index (χ1n) is 8.54. The van der Waals surface area contributed by atoms with Gasteiger partial charge in [0, 0.05) is 18.1 Å². The number of hydrogen-bond donors (Lipinski definition) is 1. The molecule has 1 fully saturated rings. The van der Waals surface area contributed by atoms with Crippen LogP contribution in [0.3, 0.4) is 0 Å². The summed E-state index contributed by atoms with van der Waals surface area (Å²) in [4.78, 5) is 13.9. The fraction of sp³-hybridized carbons (Fsp3) is 0.632. The number of rotatable bonds is 2. The Balaban J connectivity index is 2.10. The molecule has 24 heavy (non-hydrogen) atoms. The number of nitrogens with zero attached hydrogens (tertiary/aromatic N) is 1. The third-order valence-corrected chi connectivity index (χ3v) is 4.81. The number of aliphatic hydroxyl groups excluding tert-OH is 1. The number of hydrogen-bond acceptors (Lipinski definition) is 3. The van der Waals surface area contributed by atoms with Crippen LogP contribution >= 0.6 is 11.6 Å². The highest BCUT2D eigenvalue weighted by Gasteiger charge is 2.29. The van der Waals surface area contributed by atoms with E-state index in [1.54, 1.807) is 11.8 Å². The number of amides is 1. The standard InChI is InChI=1S/C19H28ClNO3/c1-12-10-16(15(13(2)22)11-17(12)20)14-6-8-21(9-7-14)18(23)24-19(3,4)5/h10-11,13-14,22H,6-9H2,1-5H3. The SMILES string of the molecule is Cc1cc(C2CCN(C(=O)OC(C)(C)C)CC2)c(C(C)O)cc1Cl. The van der Waals surface area contributed by atoms with Gasteiger partial charge in [0.15, 0.2) is 0 Å². The molecule has 0 aromatic heterocycles. The van der Waals surface area contributed by atoms with Crippen molar-refractivity contribution in [2.24, 2.45) is 0 Å². The monoisotopic (exact) mass is 353 g/mol. The summed E-state index contributed by atoms with van der Waals surface area (Å²) in [5, 5.41) is 10.8. The van der Waals surface area contributed by atoms with Crippen LogP contribution in [0.5, 0.6) is 0 Å². The molecule has 1 heterocycles. The molecule has 0 bridgehead atoms.